The summed E-state index contributed by atoms with van der Waals surface area (Å²) < 4.78 is 0. The minimum Gasteiger partial charge on any atom is -0.309 e. The standard InChI is InChI=1S/C16H34N2/c1-12-13(11-17(8)9)10-14(15(2,3)4)18(12)16(5,6)7/h12-14H,10-11H2,1-9H3/t12-,13-,14?/m1/s1. The van der Waals surface area contributed by atoms with E-state index in [4.69, 9.17) is 0 Å². The zero-order valence-electron chi connectivity index (χ0n) is 14.0. The molecule has 2 nitrogen and oxygen atoms in total. The quantitative estimate of drug-likeness (QED) is 0.744. The van der Waals surface area contributed by atoms with Crippen LogP contribution in [0.5, 0.6) is 0 Å². The molecule has 18 heavy (non-hydrogen) atoms. The Morgan fingerprint density at radius 3 is 1.83 bits per heavy atom. The van der Waals surface area contributed by atoms with E-state index < -0.39 is 0 Å². The van der Waals surface area contributed by atoms with Gasteiger partial charge < -0.3 is 4.90 Å². The van der Waals surface area contributed by atoms with Crippen LogP contribution in [0, 0.1) is 11.3 Å². The van der Waals surface area contributed by atoms with Crippen LogP contribution in [0.1, 0.15) is 54.9 Å². The Morgan fingerprint density at radius 2 is 1.56 bits per heavy atom. The third-order valence-corrected chi connectivity index (χ3v) is 4.36. The molecule has 0 N–H and O–H groups in total. The third kappa shape index (κ3) is 3.48. The molecule has 1 heterocycles. The van der Waals surface area contributed by atoms with Crippen molar-refractivity contribution in [3.05, 3.63) is 0 Å². The highest BCUT2D eigenvalue weighted by Crippen LogP contribution is 2.43. The smallest absolute Gasteiger partial charge is 0.0156 e. The molecule has 1 aliphatic heterocycles. The van der Waals surface area contributed by atoms with E-state index in [1.807, 2.05) is 0 Å². The summed E-state index contributed by atoms with van der Waals surface area (Å²) in [6, 6.07) is 1.37. The first kappa shape index (κ1) is 16.0. The Balaban J connectivity index is 2.97. The molecule has 0 amide bonds. The molecule has 0 aromatic heterocycles. The lowest BCUT2D eigenvalue weighted by atomic mass is 9.82. The molecule has 0 bridgehead atoms. The fourth-order valence-corrected chi connectivity index (χ4v) is 3.65. The van der Waals surface area contributed by atoms with Crippen molar-refractivity contribution >= 4 is 0 Å². The van der Waals surface area contributed by atoms with Crippen LogP contribution in [0.4, 0.5) is 0 Å². The molecular weight excluding hydrogens is 220 g/mol. The van der Waals surface area contributed by atoms with Crippen LogP contribution in [-0.2, 0) is 0 Å². The number of likely N-dealkylation sites (tertiary alicyclic amines) is 1. The Kier molecular flexibility index (Phi) is 4.55. The van der Waals surface area contributed by atoms with Gasteiger partial charge in [-0.2, -0.15) is 0 Å². The van der Waals surface area contributed by atoms with Crippen LogP contribution in [0.25, 0.3) is 0 Å². The molecule has 1 unspecified atom stereocenters. The second kappa shape index (κ2) is 5.13. The predicted molar refractivity (Wildman–Crippen MR) is 81.0 cm³/mol. The molecule has 0 radical (unpaired) electrons. The van der Waals surface area contributed by atoms with E-state index >= 15 is 0 Å². The maximum absolute atomic E-state index is 2.77. The van der Waals surface area contributed by atoms with Crippen molar-refractivity contribution in [2.75, 3.05) is 20.6 Å². The molecule has 1 aliphatic rings. The maximum atomic E-state index is 2.77. The van der Waals surface area contributed by atoms with Crippen LogP contribution < -0.4 is 0 Å². The van der Waals surface area contributed by atoms with Gasteiger partial charge in [0.1, 0.15) is 0 Å². The molecule has 1 rings (SSSR count). The highest BCUT2D eigenvalue weighted by Gasteiger charge is 2.47. The topological polar surface area (TPSA) is 6.48 Å². The van der Waals surface area contributed by atoms with Gasteiger partial charge >= 0.3 is 0 Å². The second-order valence-electron chi connectivity index (χ2n) is 8.46. The van der Waals surface area contributed by atoms with Crippen LogP contribution in [-0.4, -0.2) is 48.1 Å². The SMILES string of the molecule is C[C@@H]1[C@@H](CN(C)C)CC(C(C)(C)C)N1C(C)(C)C. The van der Waals surface area contributed by atoms with Crippen molar-refractivity contribution in [1.29, 1.82) is 0 Å². The minimum atomic E-state index is 0.262. The Morgan fingerprint density at radius 1 is 1.06 bits per heavy atom. The van der Waals surface area contributed by atoms with Gasteiger partial charge in [-0.15, -0.1) is 0 Å². The van der Waals surface area contributed by atoms with E-state index in [0.29, 0.717) is 17.5 Å². The molecule has 0 saturated carbocycles. The van der Waals surface area contributed by atoms with E-state index in [0.717, 1.165) is 5.92 Å². The molecule has 0 aromatic carbocycles. The summed E-state index contributed by atoms with van der Waals surface area (Å²) in [5, 5.41) is 0. The zero-order valence-corrected chi connectivity index (χ0v) is 14.0. The Hall–Kier alpha value is -0.0800. The van der Waals surface area contributed by atoms with Gasteiger partial charge in [0.15, 0.2) is 0 Å². The molecule has 0 aromatic rings. The molecule has 0 spiro atoms. The summed E-state index contributed by atoms with van der Waals surface area (Å²) in [6.45, 7) is 17.9. The summed E-state index contributed by atoms with van der Waals surface area (Å²) >= 11 is 0. The van der Waals surface area contributed by atoms with Gasteiger partial charge in [0.2, 0.25) is 0 Å². The van der Waals surface area contributed by atoms with Crippen molar-refractivity contribution < 1.29 is 0 Å². The summed E-state index contributed by atoms with van der Waals surface area (Å²) in [5.41, 5.74) is 0.626. The van der Waals surface area contributed by atoms with Crippen molar-refractivity contribution in [2.45, 2.75) is 72.5 Å². The van der Waals surface area contributed by atoms with E-state index in [1.165, 1.54) is 13.0 Å². The third-order valence-electron chi connectivity index (χ3n) is 4.36. The van der Waals surface area contributed by atoms with Crippen molar-refractivity contribution in [3.63, 3.8) is 0 Å². The first-order valence-corrected chi connectivity index (χ1v) is 7.37. The van der Waals surface area contributed by atoms with Crippen molar-refractivity contribution in [2.24, 2.45) is 11.3 Å². The maximum Gasteiger partial charge on any atom is 0.0156 e. The number of rotatable bonds is 2. The summed E-state index contributed by atoms with van der Waals surface area (Å²) in [5.74, 6) is 0.795. The lowest BCUT2D eigenvalue weighted by Crippen LogP contribution is -2.53. The average Bonchev–Trinajstić information content (AvgIpc) is 2.41. The molecule has 1 fully saturated rings. The van der Waals surface area contributed by atoms with Crippen LogP contribution in [0.2, 0.25) is 0 Å². The van der Waals surface area contributed by atoms with Gasteiger partial charge in [-0.05, 0) is 59.5 Å². The first-order valence-electron chi connectivity index (χ1n) is 7.37. The first-order chi connectivity index (χ1) is 7.94. The van der Waals surface area contributed by atoms with Gasteiger partial charge in [0.05, 0.1) is 0 Å². The minimum absolute atomic E-state index is 0.262. The van der Waals surface area contributed by atoms with E-state index in [1.54, 1.807) is 0 Å². The average molecular weight is 254 g/mol. The van der Waals surface area contributed by atoms with Crippen LogP contribution in [0.15, 0.2) is 0 Å². The van der Waals surface area contributed by atoms with Crippen LogP contribution >= 0.6 is 0 Å². The van der Waals surface area contributed by atoms with Crippen molar-refractivity contribution in [3.8, 4) is 0 Å². The normalized spacial score (nSPS) is 31.3. The van der Waals surface area contributed by atoms with Gasteiger partial charge in [0.25, 0.3) is 0 Å². The summed E-state index contributed by atoms with van der Waals surface area (Å²) in [6.07, 6.45) is 1.33. The Bertz CT molecular complexity index is 270. The molecule has 0 aliphatic carbocycles. The van der Waals surface area contributed by atoms with Gasteiger partial charge in [0, 0.05) is 24.2 Å². The molecular formula is C16H34N2. The Labute approximate surface area is 115 Å². The summed E-state index contributed by atoms with van der Waals surface area (Å²) in [4.78, 5) is 5.11. The number of nitrogens with zero attached hydrogens (tertiary/aromatic N) is 2. The lowest BCUT2D eigenvalue weighted by molar-refractivity contribution is 0.0268. The van der Waals surface area contributed by atoms with E-state index in [2.05, 4.69) is 72.4 Å². The van der Waals surface area contributed by atoms with Crippen molar-refractivity contribution in [1.82, 2.24) is 9.80 Å². The highest BCUT2D eigenvalue weighted by atomic mass is 15.3. The predicted octanol–water partition coefficient (Wildman–Crippen LogP) is 3.47. The van der Waals surface area contributed by atoms with Gasteiger partial charge in [-0.25, -0.2) is 0 Å². The molecule has 1 saturated heterocycles. The largest absolute Gasteiger partial charge is 0.309 e. The fourth-order valence-electron chi connectivity index (χ4n) is 3.65. The number of hydrogen-bond donors (Lipinski definition) is 0. The number of hydrogen-bond acceptors (Lipinski definition) is 2. The second-order valence-corrected chi connectivity index (χ2v) is 8.46. The monoisotopic (exact) mass is 254 g/mol. The highest BCUT2D eigenvalue weighted by molar-refractivity contribution is 5.01. The van der Waals surface area contributed by atoms with Gasteiger partial charge in [-0.1, -0.05) is 20.8 Å². The zero-order chi connectivity index (χ0) is 14.3. The van der Waals surface area contributed by atoms with E-state index in [-0.39, 0.29) is 5.54 Å². The lowest BCUT2D eigenvalue weighted by Gasteiger charge is -2.45. The molecule has 108 valence electrons. The van der Waals surface area contributed by atoms with Crippen LogP contribution in [0.3, 0.4) is 0 Å². The molecule has 2 heteroatoms. The molecule has 3 atom stereocenters. The van der Waals surface area contributed by atoms with Gasteiger partial charge in [-0.3, -0.25) is 4.90 Å². The van der Waals surface area contributed by atoms with E-state index in [9.17, 15) is 0 Å². The fraction of sp³-hybridized carbons (Fsp3) is 1.00. The summed E-state index contributed by atoms with van der Waals surface area (Å²) in [7, 11) is 4.39.